The predicted molar refractivity (Wildman–Crippen MR) is 128 cm³/mol. The maximum Gasteiger partial charge on any atom is 0.414 e. The molecule has 2 fully saturated rings. The van der Waals surface area contributed by atoms with Gasteiger partial charge in [0, 0.05) is 31.8 Å². The number of carbonyl (C=O) groups is 3. The van der Waals surface area contributed by atoms with E-state index < -0.39 is 24.1 Å². The molecule has 2 aromatic carbocycles. The van der Waals surface area contributed by atoms with Gasteiger partial charge in [-0.3, -0.25) is 14.5 Å². The minimum absolute atomic E-state index is 0.189. The van der Waals surface area contributed by atoms with E-state index >= 15 is 0 Å². The third-order valence-corrected chi connectivity index (χ3v) is 6.06. The Morgan fingerprint density at radius 3 is 2.44 bits per heavy atom. The number of ether oxygens (including phenoxy) is 5. The summed E-state index contributed by atoms with van der Waals surface area (Å²) in [4.78, 5) is 39.3. The molecular formula is C25H27N3O8. The Morgan fingerprint density at radius 1 is 1.08 bits per heavy atom. The van der Waals surface area contributed by atoms with Crippen molar-refractivity contribution in [2.24, 2.45) is 0 Å². The molecular weight excluding hydrogens is 470 g/mol. The van der Waals surface area contributed by atoms with Crippen LogP contribution in [-0.2, 0) is 23.8 Å². The number of hydrogen-bond acceptors (Lipinski definition) is 8. The summed E-state index contributed by atoms with van der Waals surface area (Å²) in [5.74, 6) is 0.616. The third kappa shape index (κ3) is 4.67. The zero-order chi connectivity index (χ0) is 25.6. The Bertz CT molecular complexity index is 1230. The summed E-state index contributed by atoms with van der Waals surface area (Å²) in [7, 11) is 1.66. The number of fused-ring (bicyclic) bond motifs is 2. The average Bonchev–Trinajstić information content (AvgIpc) is 3.41. The smallest absolute Gasteiger partial charge is 0.414 e. The fourth-order valence-electron chi connectivity index (χ4n) is 4.18. The molecule has 3 aliphatic heterocycles. The zero-order valence-corrected chi connectivity index (χ0v) is 20.4. The molecule has 3 heterocycles. The van der Waals surface area contributed by atoms with Crippen molar-refractivity contribution in [2.75, 3.05) is 36.5 Å². The summed E-state index contributed by atoms with van der Waals surface area (Å²) < 4.78 is 28.6. The number of carbonyl (C=O) groups excluding carboxylic acids is 3. The number of rotatable bonds is 5. The van der Waals surface area contributed by atoms with E-state index in [2.05, 4.69) is 5.32 Å². The molecule has 0 bridgehead atoms. The van der Waals surface area contributed by atoms with Gasteiger partial charge in [-0.05, 0) is 38.1 Å². The van der Waals surface area contributed by atoms with Crippen LogP contribution in [-0.4, -0.2) is 62.6 Å². The van der Waals surface area contributed by atoms with E-state index in [1.54, 1.807) is 57.3 Å². The van der Waals surface area contributed by atoms with Gasteiger partial charge in [0.05, 0.1) is 25.4 Å². The summed E-state index contributed by atoms with van der Waals surface area (Å²) in [6.07, 6.45) is -1.63. The summed E-state index contributed by atoms with van der Waals surface area (Å²) in [6, 6.07) is 10.3. The number of benzene rings is 2. The molecule has 0 aromatic heterocycles. The first-order valence-corrected chi connectivity index (χ1v) is 11.6. The minimum atomic E-state index is -0.797. The SMILES string of the molecule is CC(=O)NC[C@H]1CN(c2ccc3c(c2)Oc2ccc(N(C)C(=O)[C@@H]4COC(C)(C)O4)cc2O3)C(=O)O1. The molecule has 5 rings (SSSR count). The van der Waals surface area contributed by atoms with Gasteiger partial charge >= 0.3 is 6.09 Å². The Kier molecular flexibility index (Phi) is 5.97. The van der Waals surface area contributed by atoms with E-state index in [0.29, 0.717) is 40.9 Å². The van der Waals surface area contributed by atoms with Crippen LogP contribution in [0.4, 0.5) is 16.2 Å². The number of cyclic esters (lactones) is 1. The predicted octanol–water partition coefficient (Wildman–Crippen LogP) is 3.16. The van der Waals surface area contributed by atoms with E-state index in [0.717, 1.165) is 0 Å². The van der Waals surface area contributed by atoms with E-state index in [1.807, 2.05) is 0 Å². The maximum absolute atomic E-state index is 12.9. The first-order chi connectivity index (χ1) is 17.1. The molecule has 11 nitrogen and oxygen atoms in total. The van der Waals surface area contributed by atoms with Crippen LogP contribution in [0.1, 0.15) is 20.8 Å². The van der Waals surface area contributed by atoms with Gasteiger partial charge in [0.15, 0.2) is 34.9 Å². The Balaban J connectivity index is 1.29. The number of hydrogen-bond donors (Lipinski definition) is 1. The molecule has 0 aliphatic carbocycles. The van der Waals surface area contributed by atoms with Gasteiger partial charge in [-0.15, -0.1) is 0 Å². The lowest BCUT2D eigenvalue weighted by Crippen LogP contribution is -2.38. The number of nitrogens with one attached hydrogen (secondary N) is 1. The van der Waals surface area contributed by atoms with Gasteiger partial charge in [-0.25, -0.2) is 4.79 Å². The summed E-state index contributed by atoms with van der Waals surface area (Å²) in [6.45, 7) is 5.67. The van der Waals surface area contributed by atoms with Crippen molar-refractivity contribution in [3.8, 4) is 23.0 Å². The largest absolute Gasteiger partial charge is 0.449 e. The second-order valence-corrected chi connectivity index (χ2v) is 9.23. The fourth-order valence-corrected chi connectivity index (χ4v) is 4.18. The van der Waals surface area contributed by atoms with Crippen LogP contribution in [0.3, 0.4) is 0 Å². The van der Waals surface area contributed by atoms with Gasteiger partial charge in [0.25, 0.3) is 5.91 Å². The second-order valence-electron chi connectivity index (χ2n) is 9.23. The summed E-state index contributed by atoms with van der Waals surface area (Å²) in [5, 5.41) is 2.65. The number of amides is 3. The highest BCUT2D eigenvalue weighted by Gasteiger charge is 2.39. The Labute approximate surface area is 207 Å². The molecule has 0 unspecified atom stereocenters. The van der Waals surface area contributed by atoms with E-state index in [4.69, 9.17) is 23.7 Å². The van der Waals surface area contributed by atoms with Crippen LogP contribution in [0.25, 0.3) is 0 Å². The number of likely N-dealkylation sites (N-methyl/N-ethyl adjacent to an activating group) is 1. The first kappa shape index (κ1) is 23.9. The van der Waals surface area contributed by atoms with Crippen molar-refractivity contribution in [3.05, 3.63) is 36.4 Å². The average molecular weight is 498 g/mol. The molecule has 2 atom stereocenters. The lowest BCUT2D eigenvalue weighted by molar-refractivity contribution is -0.151. The molecule has 36 heavy (non-hydrogen) atoms. The fraction of sp³-hybridized carbons (Fsp3) is 0.400. The van der Waals surface area contributed by atoms with Gasteiger partial charge < -0.3 is 33.9 Å². The second kappa shape index (κ2) is 8.99. The standard InChI is InChI=1S/C25H27N3O8/c1-14(29)26-11-17-12-28(24(31)33-17)16-6-8-19-21(10-16)35-18-7-5-15(9-20(18)34-19)27(4)23(30)22-13-32-25(2,3)36-22/h5-10,17,22H,11-13H2,1-4H3,(H,26,29)/t17-,22-/m0/s1. The normalized spacial score (nSPS) is 21.6. The van der Waals surface area contributed by atoms with E-state index in [1.165, 1.54) is 16.7 Å². The van der Waals surface area contributed by atoms with Gasteiger partial charge in [-0.2, -0.15) is 0 Å². The van der Waals surface area contributed by atoms with Gasteiger partial charge in [0.2, 0.25) is 5.91 Å². The van der Waals surface area contributed by atoms with Crippen LogP contribution in [0.15, 0.2) is 36.4 Å². The lowest BCUT2D eigenvalue weighted by atomic mass is 10.2. The molecule has 190 valence electrons. The summed E-state index contributed by atoms with van der Waals surface area (Å²) >= 11 is 0. The van der Waals surface area contributed by atoms with Crippen molar-refractivity contribution >= 4 is 29.3 Å². The van der Waals surface area contributed by atoms with Crippen molar-refractivity contribution in [1.82, 2.24) is 5.32 Å². The first-order valence-electron chi connectivity index (χ1n) is 11.6. The lowest BCUT2D eigenvalue weighted by Gasteiger charge is -2.25. The molecule has 0 radical (unpaired) electrons. The molecule has 3 aliphatic rings. The van der Waals surface area contributed by atoms with Gasteiger partial charge in [-0.1, -0.05) is 0 Å². The minimum Gasteiger partial charge on any atom is -0.449 e. The molecule has 0 spiro atoms. The van der Waals surface area contributed by atoms with Crippen molar-refractivity contribution in [3.63, 3.8) is 0 Å². The monoisotopic (exact) mass is 497 g/mol. The van der Waals surface area contributed by atoms with Crippen molar-refractivity contribution in [1.29, 1.82) is 0 Å². The van der Waals surface area contributed by atoms with Crippen LogP contribution in [0, 0.1) is 0 Å². The molecule has 11 heteroatoms. The molecule has 2 saturated heterocycles. The van der Waals surface area contributed by atoms with Crippen LogP contribution >= 0.6 is 0 Å². The van der Waals surface area contributed by atoms with Crippen LogP contribution in [0.2, 0.25) is 0 Å². The van der Waals surface area contributed by atoms with Crippen LogP contribution < -0.4 is 24.6 Å². The maximum atomic E-state index is 12.9. The summed E-state index contributed by atoms with van der Waals surface area (Å²) in [5.41, 5.74) is 1.19. The quantitative estimate of drug-likeness (QED) is 0.572. The molecule has 2 aromatic rings. The molecule has 0 saturated carbocycles. The van der Waals surface area contributed by atoms with E-state index in [9.17, 15) is 14.4 Å². The zero-order valence-electron chi connectivity index (χ0n) is 20.4. The molecule has 1 N–H and O–H groups in total. The Morgan fingerprint density at radius 2 is 1.78 bits per heavy atom. The third-order valence-electron chi connectivity index (χ3n) is 6.06. The number of nitrogens with zero attached hydrogens (tertiary/aromatic N) is 2. The van der Waals surface area contributed by atoms with Gasteiger partial charge in [0.1, 0.15) is 6.10 Å². The van der Waals surface area contributed by atoms with E-state index in [-0.39, 0.29) is 25.0 Å². The van der Waals surface area contributed by atoms with Crippen LogP contribution in [0.5, 0.6) is 23.0 Å². The molecule has 3 amide bonds. The highest BCUT2D eigenvalue weighted by Crippen LogP contribution is 2.48. The topological polar surface area (TPSA) is 116 Å². The number of anilines is 2. The Hall–Kier alpha value is -3.83. The van der Waals surface area contributed by atoms with Crippen molar-refractivity contribution < 1.29 is 38.1 Å². The highest BCUT2D eigenvalue weighted by atomic mass is 16.7. The van der Waals surface area contributed by atoms with Crippen molar-refractivity contribution in [2.45, 2.75) is 38.8 Å². The highest BCUT2D eigenvalue weighted by molar-refractivity contribution is 5.96.